The first-order valence-electron chi connectivity index (χ1n) is 5.02. The van der Waals surface area contributed by atoms with Crippen molar-refractivity contribution in [2.45, 2.75) is 0 Å². The lowest BCUT2D eigenvalue weighted by atomic mass is 10.4. The number of rotatable bonds is 5. The molecule has 0 atom stereocenters. The number of halogens is 1. The van der Waals surface area contributed by atoms with Crippen LogP contribution in [0.15, 0.2) is 31.1 Å². The molecule has 0 saturated heterocycles. The van der Waals surface area contributed by atoms with Gasteiger partial charge in [0, 0.05) is 12.6 Å². The summed E-state index contributed by atoms with van der Waals surface area (Å²) in [4.78, 5) is 26.8. The Kier molecular flexibility index (Phi) is 4.79. The number of carbonyl (C=O) groups excluding carboxylic acids is 1. The summed E-state index contributed by atoms with van der Waals surface area (Å²) in [5, 5.41) is 11.0. The van der Waals surface area contributed by atoms with Gasteiger partial charge in [0.05, 0.1) is 18.1 Å². The van der Waals surface area contributed by atoms with Crippen LogP contribution < -0.4 is 5.32 Å². The van der Waals surface area contributed by atoms with E-state index in [9.17, 15) is 14.0 Å². The van der Waals surface area contributed by atoms with E-state index < -0.39 is 24.4 Å². The van der Waals surface area contributed by atoms with E-state index in [0.29, 0.717) is 0 Å². The predicted molar refractivity (Wildman–Crippen MR) is 62.6 cm³/mol. The SMILES string of the molecule is C=CCN(CC(=O)O)C(=O)Nc1cncc(F)c1. The number of aliphatic carboxylic acids is 1. The fourth-order valence-corrected chi connectivity index (χ4v) is 1.22. The number of anilines is 1. The van der Waals surface area contributed by atoms with Gasteiger partial charge < -0.3 is 15.3 Å². The van der Waals surface area contributed by atoms with Gasteiger partial charge in [-0.2, -0.15) is 0 Å². The van der Waals surface area contributed by atoms with E-state index in [1.807, 2.05) is 0 Å². The van der Waals surface area contributed by atoms with Crippen molar-refractivity contribution < 1.29 is 19.1 Å². The van der Waals surface area contributed by atoms with E-state index in [1.54, 1.807) is 0 Å². The molecular weight excluding hydrogens is 241 g/mol. The maximum Gasteiger partial charge on any atom is 0.323 e. The molecule has 2 N–H and O–H groups in total. The first kappa shape index (κ1) is 13.6. The number of nitrogens with one attached hydrogen (secondary N) is 1. The maximum atomic E-state index is 12.8. The van der Waals surface area contributed by atoms with Crippen LogP contribution in [0.3, 0.4) is 0 Å². The summed E-state index contributed by atoms with van der Waals surface area (Å²) in [6, 6.07) is 0.419. The Morgan fingerprint density at radius 2 is 2.28 bits per heavy atom. The van der Waals surface area contributed by atoms with Crippen LogP contribution in [-0.4, -0.2) is 40.1 Å². The van der Waals surface area contributed by atoms with Crippen LogP contribution in [0.25, 0.3) is 0 Å². The van der Waals surface area contributed by atoms with Gasteiger partial charge in [-0.15, -0.1) is 6.58 Å². The molecular formula is C11H12FN3O3. The number of carboxylic acids is 1. The second kappa shape index (κ2) is 6.33. The minimum atomic E-state index is -1.15. The van der Waals surface area contributed by atoms with E-state index in [2.05, 4.69) is 16.9 Å². The van der Waals surface area contributed by atoms with Crippen molar-refractivity contribution in [1.82, 2.24) is 9.88 Å². The minimum absolute atomic E-state index is 0.0703. The largest absolute Gasteiger partial charge is 0.480 e. The molecule has 0 aliphatic heterocycles. The van der Waals surface area contributed by atoms with E-state index in [-0.39, 0.29) is 12.2 Å². The number of aromatic nitrogens is 1. The summed E-state index contributed by atoms with van der Waals surface area (Å²) in [5.41, 5.74) is 0.152. The van der Waals surface area contributed by atoms with E-state index >= 15 is 0 Å². The molecule has 0 radical (unpaired) electrons. The summed E-state index contributed by atoms with van der Waals surface area (Å²) < 4.78 is 12.8. The molecule has 96 valence electrons. The molecule has 1 aromatic heterocycles. The van der Waals surface area contributed by atoms with Crippen LogP contribution in [-0.2, 0) is 4.79 Å². The van der Waals surface area contributed by atoms with E-state index in [4.69, 9.17) is 5.11 Å². The van der Waals surface area contributed by atoms with Crippen molar-refractivity contribution >= 4 is 17.7 Å². The lowest BCUT2D eigenvalue weighted by Crippen LogP contribution is -2.38. The zero-order chi connectivity index (χ0) is 13.5. The fraction of sp³-hybridized carbons (Fsp3) is 0.182. The van der Waals surface area contributed by atoms with Crippen LogP contribution >= 0.6 is 0 Å². The maximum absolute atomic E-state index is 12.8. The molecule has 0 fully saturated rings. The second-order valence-electron chi connectivity index (χ2n) is 3.38. The Morgan fingerprint density at radius 3 is 2.83 bits per heavy atom. The molecule has 2 amide bonds. The first-order chi connectivity index (χ1) is 8.52. The molecule has 6 nitrogen and oxygen atoms in total. The molecule has 1 heterocycles. The quantitative estimate of drug-likeness (QED) is 0.775. The third-order valence-electron chi connectivity index (χ3n) is 1.92. The molecule has 7 heteroatoms. The third-order valence-corrected chi connectivity index (χ3v) is 1.92. The van der Waals surface area contributed by atoms with Crippen LogP contribution in [0.4, 0.5) is 14.9 Å². The zero-order valence-corrected chi connectivity index (χ0v) is 9.47. The Morgan fingerprint density at radius 1 is 1.56 bits per heavy atom. The Balaban J connectivity index is 2.71. The third kappa shape index (κ3) is 4.20. The average Bonchev–Trinajstić information content (AvgIpc) is 2.27. The van der Waals surface area contributed by atoms with Crippen LogP contribution in [0.5, 0.6) is 0 Å². The number of pyridine rings is 1. The van der Waals surface area contributed by atoms with Gasteiger partial charge in [-0.3, -0.25) is 9.78 Å². The molecule has 0 aliphatic rings. The Hall–Kier alpha value is -2.44. The monoisotopic (exact) mass is 253 g/mol. The molecule has 0 spiro atoms. The van der Waals surface area contributed by atoms with Gasteiger partial charge in [0.25, 0.3) is 0 Å². The highest BCUT2D eigenvalue weighted by atomic mass is 19.1. The van der Waals surface area contributed by atoms with Crippen molar-refractivity contribution in [1.29, 1.82) is 0 Å². The number of urea groups is 1. The summed E-state index contributed by atoms with van der Waals surface area (Å²) in [7, 11) is 0. The number of amides is 2. The molecule has 1 aromatic rings. The molecule has 0 saturated carbocycles. The van der Waals surface area contributed by atoms with Crippen LogP contribution in [0, 0.1) is 5.82 Å². The van der Waals surface area contributed by atoms with Gasteiger partial charge in [0.1, 0.15) is 12.4 Å². The Labute approximate surface area is 103 Å². The first-order valence-corrected chi connectivity index (χ1v) is 5.02. The smallest absolute Gasteiger partial charge is 0.323 e. The van der Waals surface area contributed by atoms with Crippen molar-refractivity contribution in [3.05, 3.63) is 36.9 Å². The van der Waals surface area contributed by atoms with E-state index in [1.165, 1.54) is 12.3 Å². The number of hydrogen-bond acceptors (Lipinski definition) is 3. The topological polar surface area (TPSA) is 82.5 Å². The van der Waals surface area contributed by atoms with Gasteiger partial charge in [-0.1, -0.05) is 6.08 Å². The van der Waals surface area contributed by atoms with Gasteiger partial charge >= 0.3 is 12.0 Å². The highest BCUT2D eigenvalue weighted by Gasteiger charge is 2.15. The number of nitrogens with zero attached hydrogens (tertiary/aromatic N) is 2. The predicted octanol–water partition coefficient (Wildman–Crippen LogP) is 1.33. The number of carboxylic acid groups (broad SMARTS) is 1. The summed E-state index contributed by atoms with van der Waals surface area (Å²) >= 11 is 0. The standard InChI is InChI=1S/C11H12FN3O3/c1-2-3-15(7-10(16)17)11(18)14-9-4-8(12)5-13-6-9/h2,4-6H,1,3,7H2,(H,14,18)(H,16,17). The van der Waals surface area contributed by atoms with Crippen molar-refractivity contribution in [2.24, 2.45) is 0 Å². The van der Waals surface area contributed by atoms with Gasteiger partial charge in [0.15, 0.2) is 0 Å². The van der Waals surface area contributed by atoms with Crippen molar-refractivity contribution in [3.8, 4) is 0 Å². The second-order valence-corrected chi connectivity index (χ2v) is 3.38. The number of hydrogen-bond donors (Lipinski definition) is 2. The number of carbonyl (C=O) groups is 2. The van der Waals surface area contributed by atoms with Gasteiger partial charge in [0.2, 0.25) is 0 Å². The van der Waals surface area contributed by atoms with Crippen molar-refractivity contribution in [3.63, 3.8) is 0 Å². The van der Waals surface area contributed by atoms with Crippen LogP contribution in [0.2, 0.25) is 0 Å². The van der Waals surface area contributed by atoms with E-state index in [0.717, 1.165) is 17.2 Å². The fourth-order valence-electron chi connectivity index (χ4n) is 1.22. The normalized spacial score (nSPS) is 9.61. The van der Waals surface area contributed by atoms with Crippen molar-refractivity contribution in [2.75, 3.05) is 18.4 Å². The highest BCUT2D eigenvalue weighted by molar-refractivity contribution is 5.91. The molecule has 0 aromatic carbocycles. The van der Waals surface area contributed by atoms with Gasteiger partial charge in [-0.25, -0.2) is 9.18 Å². The lowest BCUT2D eigenvalue weighted by molar-refractivity contribution is -0.137. The zero-order valence-electron chi connectivity index (χ0n) is 9.47. The molecule has 0 unspecified atom stereocenters. The Bertz CT molecular complexity index is 465. The van der Waals surface area contributed by atoms with Crippen LogP contribution in [0.1, 0.15) is 0 Å². The molecule has 0 aliphatic carbocycles. The highest BCUT2D eigenvalue weighted by Crippen LogP contribution is 2.08. The minimum Gasteiger partial charge on any atom is -0.480 e. The molecule has 18 heavy (non-hydrogen) atoms. The average molecular weight is 253 g/mol. The molecule has 0 bridgehead atoms. The van der Waals surface area contributed by atoms with Gasteiger partial charge in [-0.05, 0) is 0 Å². The summed E-state index contributed by atoms with van der Waals surface area (Å²) in [6.45, 7) is 3.02. The summed E-state index contributed by atoms with van der Waals surface area (Å²) in [5.74, 6) is -1.74. The lowest BCUT2D eigenvalue weighted by Gasteiger charge is -2.19. The molecule has 1 rings (SSSR count). The summed E-state index contributed by atoms with van der Waals surface area (Å²) in [6.07, 6.45) is 3.65.